The normalized spacial score (nSPS) is 20.1. The van der Waals surface area contributed by atoms with Gasteiger partial charge in [-0.3, -0.25) is 0 Å². The molecule has 1 aliphatic rings. The largest absolute Gasteiger partial charge is 0.379 e. The Kier molecular flexibility index (Phi) is 6.06. The maximum atomic E-state index is 5.66. The fraction of sp³-hybridized carbons (Fsp3) is 1.00. The molecule has 1 rings (SSSR count). The highest BCUT2D eigenvalue weighted by Gasteiger charge is 2.32. The topological polar surface area (TPSA) is 18.5 Å². The van der Waals surface area contributed by atoms with Gasteiger partial charge in [0.2, 0.25) is 0 Å². The van der Waals surface area contributed by atoms with Crippen LogP contribution in [0.5, 0.6) is 0 Å². The Morgan fingerprint density at radius 2 is 1.79 bits per heavy atom. The lowest BCUT2D eigenvalue weighted by molar-refractivity contribution is 0.0162. The molecule has 2 nitrogen and oxygen atoms in total. The van der Waals surface area contributed by atoms with Gasteiger partial charge in [0.15, 0.2) is 0 Å². The average Bonchev–Trinajstić information content (AvgIpc) is 2.67. The maximum absolute atomic E-state index is 5.66. The van der Waals surface area contributed by atoms with Crippen LogP contribution in [-0.4, -0.2) is 31.8 Å². The Morgan fingerprint density at radius 1 is 1.14 bits per heavy atom. The molecule has 0 aliphatic heterocycles. The molecular weight excluding hydrogens is 244 g/mol. The molecule has 0 atom stereocenters. The van der Waals surface area contributed by atoms with Crippen molar-refractivity contribution in [1.29, 1.82) is 0 Å². The van der Waals surface area contributed by atoms with Crippen LogP contribution in [0.3, 0.4) is 0 Å². The molecule has 14 heavy (non-hydrogen) atoms. The minimum Gasteiger partial charge on any atom is -0.379 e. The van der Waals surface area contributed by atoms with E-state index in [1.807, 2.05) is 6.92 Å². The van der Waals surface area contributed by atoms with E-state index >= 15 is 0 Å². The van der Waals surface area contributed by atoms with E-state index in [1.54, 1.807) is 0 Å². The van der Waals surface area contributed by atoms with Crippen molar-refractivity contribution in [3.05, 3.63) is 0 Å². The van der Waals surface area contributed by atoms with Crippen LogP contribution < -0.4 is 0 Å². The Labute approximate surface area is 95.5 Å². The number of hydrogen-bond acceptors (Lipinski definition) is 2. The maximum Gasteiger partial charge on any atom is 0.0700 e. The Bertz CT molecular complexity index is 144. The molecule has 0 unspecified atom stereocenters. The van der Waals surface area contributed by atoms with E-state index < -0.39 is 0 Å². The van der Waals surface area contributed by atoms with Crippen LogP contribution >= 0.6 is 15.9 Å². The summed E-state index contributed by atoms with van der Waals surface area (Å²) in [6, 6.07) is 0. The second-order valence-electron chi connectivity index (χ2n) is 4.09. The van der Waals surface area contributed by atoms with Crippen molar-refractivity contribution in [2.75, 3.05) is 31.8 Å². The van der Waals surface area contributed by atoms with E-state index in [2.05, 4.69) is 15.9 Å². The van der Waals surface area contributed by atoms with Crippen molar-refractivity contribution in [3.8, 4) is 0 Å². The minimum atomic E-state index is 0.423. The highest BCUT2D eigenvalue weighted by molar-refractivity contribution is 9.09. The fourth-order valence-corrected chi connectivity index (χ4v) is 2.72. The summed E-state index contributed by atoms with van der Waals surface area (Å²) in [5, 5.41) is 1.08. The van der Waals surface area contributed by atoms with Crippen molar-refractivity contribution >= 4 is 15.9 Å². The molecule has 84 valence electrons. The Hall–Kier alpha value is 0.400. The van der Waals surface area contributed by atoms with Gasteiger partial charge in [0.05, 0.1) is 19.8 Å². The van der Waals surface area contributed by atoms with Gasteiger partial charge >= 0.3 is 0 Å². The van der Waals surface area contributed by atoms with Crippen LogP contribution in [-0.2, 0) is 9.47 Å². The summed E-state index contributed by atoms with van der Waals surface area (Å²) in [6.45, 7) is 5.16. The molecule has 0 spiro atoms. The van der Waals surface area contributed by atoms with Crippen molar-refractivity contribution in [2.45, 2.75) is 32.6 Å². The first-order valence-electron chi connectivity index (χ1n) is 5.54. The quantitative estimate of drug-likeness (QED) is 0.520. The van der Waals surface area contributed by atoms with Gasteiger partial charge in [0.25, 0.3) is 0 Å². The first-order valence-corrected chi connectivity index (χ1v) is 6.66. The van der Waals surface area contributed by atoms with Crippen molar-refractivity contribution in [2.24, 2.45) is 5.41 Å². The smallest absolute Gasteiger partial charge is 0.0700 e. The predicted molar refractivity (Wildman–Crippen MR) is 62.0 cm³/mol. The van der Waals surface area contributed by atoms with Crippen molar-refractivity contribution < 1.29 is 9.47 Å². The predicted octanol–water partition coefficient (Wildman–Crippen LogP) is 2.99. The van der Waals surface area contributed by atoms with Gasteiger partial charge in [-0.1, -0.05) is 28.8 Å². The molecule has 0 radical (unpaired) electrons. The monoisotopic (exact) mass is 264 g/mol. The first-order chi connectivity index (χ1) is 6.83. The summed E-state index contributed by atoms with van der Waals surface area (Å²) in [5.41, 5.74) is 0.423. The third-order valence-electron chi connectivity index (χ3n) is 2.93. The molecule has 1 aliphatic carbocycles. The molecule has 0 bridgehead atoms. The van der Waals surface area contributed by atoms with E-state index in [-0.39, 0.29) is 0 Å². The summed E-state index contributed by atoms with van der Waals surface area (Å²) in [5.74, 6) is 0. The third kappa shape index (κ3) is 3.87. The van der Waals surface area contributed by atoms with Crippen molar-refractivity contribution in [1.82, 2.24) is 0 Å². The summed E-state index contributed by atoms with van der Waals surface area (Å²) in [6.07, 6.45) is 5.35. The summed E-state index contributed by atoms with van der Waals surface area (Å²) in [4.78, 5) is 0. The van der Waals surface area contributed by atoms with Crippen LogP contribution in [0.25, 0.3) is 0 Å². The fourth-order valence-electron chi connectivity index (χ4n) is 1.99. The number of halogens is 1. The Balaban J connectivity index is 2.08. The van der Waals surface area contributed by atoms with E-state index in [0.29, 0.717) is 5.41 Å². The lowest BCUT2D eigenvalue weighted by Gasteiger charge is -2.25. The molecule has 1 fully saturated rings. The SMILES string of the molecule is CCOCCOCC1(CBr)CCCC1. The summed E-state index contributed by atoms with van der Waals surface area (Å²) in [7, 11) is 0. The lowest BCUT2D eigenvalue weighted by atomic mass is 9.90. The highest BCUT2D eigenvalue weighted by atomic mass is 79.9. The number of alkyl halides is 1. The zero-order valence-electron chi connectivity index (χ0n) is 9.06. The molecule has 0 aromatic heterocycles. The molecule has 0 saturated heterocycles. The number of ether oxygens (including phenoxy) is 2. The molecular formula is C11H21BrO2. The van der Waals surface area contributed by atoms with Gasteiger partial charge in [-0.25, -0.2) is 0 Å². The second kappa shape index (κ2) is 6.81. The second-order valence-corrected chi connectivity index (χ2v) is 4.65. The molecule has 3 heteroatoms. The zero-order valence-corrected chi connectivity index (χ0v) is 10.6. The molecule has 1 saturated carbocycles. The number of hydrogen-bond donors (Lipinski definition) is 0. The molecule has 0 aromatic rings. The summed E-state index contributed by atoms with van der Waals surface area (Å²) < 4.78 is 10.9. The minimum absolute atomic E-state index is 0.423. The molecule has 0 amide bonds. The van der Waals surface area contributed by atoms with Crippen molar-refractivity contribution in [3.63, 3.8) is 0 Å². The Morgan fingerprint density at radius 3 is 2.36 bits per heavy atom. The molecule has 0 heterocycles. The zero-order chi connectivity index (χ0) is 10.3. The van der Waals surface area contributed by atoms with E-state index in [1.165, 1.54) is 25.7 Å². The third-order valence-corrected chi connectivity index (χ3v) is 4.12. The van der Waals surface area contributed by atoms with Crippen LogP contribution in [0.2, 0.25) is 0 Å². The van der Waals surface area contributed by atoms with E-state index in [0.717, 1.165) is 31.8 Å². The van der Waals surface area contributed by atoms with Gasteiger partial charge in [-0.05, 0) is 19.8 Å². The summed E-state index contributed by atoms with van der Waals surface area (Å²) >= 11 is 3.60. The van der Waals surface area contributed by atoms with Crippen LogP contribution in [0.1, 0.15) is 32.6 Å². The standard InChI is InChI=1S/C11H21BrO2/c1-2-13-7-8-14-10-11(9-12)5-3-4-6-11/h2-10H2,1H3. The van der Waals surface area contributed by atoms with Crippen LogP contribution in [0, 0.1) is 5.41 Å². The average molecular weight is 265 g/mol. The van der Waals surface area contributed by atoms with Gasteiger partial charge < -0.3 is 9.47 Å². The van der Waals surface area contributed by atoms with Gasteiger partial charge in [-0.2, -0.15) is 0 Å². The molecule has 0 N–H and O–H groups in total. The van der Waals surface area contributed by atoms with Gasteiger partial charge in [0, 0.05) is 17.4 Å². The van der Waals surface area contributed by atoms with Gasteiger partial charge in [-0.15, -0.1) is 0 Å². The van der Waals surface area contributed by atoms with E-state index in [9.17, 15) is 0 Å². The lowest BCUT2D eigenvalue weighted by Crippen LogP contribution is -2.26. The van der Waals surface area contributed by atoms with E-state index in [4.69, 9.17) is 9.47 Å². The first kappa shape index (κ1) is 12.5. The van der Waals surface area contributed by atoms with Gasteiger partial charge in [0.1, 0.15) is 0 Å². The van der Waals surface area contributed by atoms with Crippen LogP contribution in [0.15, 0.2) is 0 Å². The highest BCUT2D eigenvalue weighted by Crippen LogP contribution is 2.39. The van der Waals surface area contributed by atoms with Crippen LogP contribution in [0.4, 0.5) is 0 Å². The molecule has 0 aromatic carbocycles. The number of rotatable bonds is 7.